The number of amides is 1. The van der Waals surface area contributed by atoms with Crippen molar-refractivity contribution in [2.45, 2.75) is 62.3 Å². The third-order valence-corrected chi connectivity index (χ3v) is 7.29. The van der Waals surface area contributed by atoms with E-state index in [0.29, 0.717) is 5.69 Å². The van der Waals surface area contributed by atoms with Crippen LogP contribution in [0.2, 0.25) is 0 Å². The molecule has 0 saturated heterocycles. The maximum atomic E-state index is 12.8. The number of anilines is 1. The Morgan fingerprint density at radius 1 is 1.00 bits per heavy atom. The van der Waals surface area contributed by atoms with E-state index in [1.807, 2.05) is 0 Å². The molecule has 0 radical (unpaired) electrons. The fourth-order valence-electron chi connectivity index (χ4n) is 3.43. The SMILES string of the molecule is CN(C1CCCCC1)S(=O)(=O)c1ccc(NC(=O)C2CCC2)cc1. The van der Waals surface area contributed by atoms with Crippen LogP contribution in [0.1, 0.15) is 51.4 Å². The molecule has 5 nitrogen and oxygen atoms in total. The maximum absolute atomic E-state index is 12.8. The summed E-state index contributed by atoms with van der Waals surface area (Å²) in [5.41, 5.74) is 0.658. The molecule has 6 heteroatoms. The van der Waals surface area contributed by atoms with Crippen LogP contribution >= 0.6 is 0 Å². The van der Waals surface area contributed by atoms with E-state index in [2.05, 4.69) is 5.32 Å². The minimum absolute atomic E-state index is 0.0381. The summed E-state index contributed by atoms with van der Waals surface area (Å²) in [5, 5.41) is 2.87. The van der Waals surface area contributed by atoms with Gasteiger partial charge >= 0.3 is 0 Å². The normalized spacial score (nSPS) is 19.9. The van der Waals surface area contributed by atoms with Crippen LogP contribution in [0.15, 0.2) is 29.2 Å². The van der Waals surface area contributed by atoms with Crippen LogP contribution < -0.4 is 5.32 Å². The van der Waals surface area contributed by atoms with Crippen molar-refractivity contribution in [2.24, 2.45) is 5.92 Å². The van der Waals surface area contributed by atoms with E-state index in [0.717, 1.165) is 44.9 Å². The molecular formula is C18H26N2O3S. The zero-order valence-corrected chi connectivity index (χ0v) is 15.0. The molecule has 0 spiro atoms. The fourth-order valence-corrected chi connectivity index (χ4v) is 4.85. The summed E-state index contributed by atoms with van der Waals surface area (Å²) in [5.74, 6) is 0.155. The highest BCUT2D eigenvalue weighted by atomic mass is 32.2. The third kappa shape index (κ3) is 3.64. The zero-order valence-electron chi connectivity index (χ0n) is 14.2. The second-order valence-corrected chi connectivity index (χ2v) is 8.95. The maximum Gasteiger partial charge on any atom is 0.243 e. The van der Waals surface area contributed by atoms with Gasteiger partial charge in [0, 0.05) is 24.7 Å². The summed E-state index contributed by atoms with van der Waals surface area (Å²) in [7, 11) is -1.79. The van der Waals surface area contributed by atoms with E-state index < -0.39 is 10.0 Å². The summed E-state index contributed by atoms with van der Waals surface area (Å²) >= 11 is 0. The first kappa shape index (κ1) is 17.4. The number of hydrogen-bond donors (Lipinski definition) is 1. The van der Waals surface area contributed by atoms with Gasteiger partial charge in [-0.3, -0.25) is 4.79 Å². The van der Waals surface area contributed by atoms with Crippen molar-refractivity contribution < 1.29 is 13.2 Å². The van der Waals surface area contributed by atoms with Crippen molar-refractivity contribution >= 4 is 21.6 Å². The van der Waals surface area contributed by atoms with Crippen molar-refractivity contribution in [3.05, 3.63) is 24.3 Å². The van der Waals surface area contributed by atoms with Gasteiger partial charge in [-0.2, -0.15) is 4.31 Å². The number of carbonyl (C=O) groups is 1. The van der Waals surface area contributed by atoms with Crippen LogP contribution in [0.4, 0.5) is 5.69 Å². The Hall–Kier alpha value is -1.40. The standard InChI is InChI=1S/C18H26N2O3S/c1-20(16-8-3-2-4-9-16)24(22,23)17-12-10-15(11-13-17)19-18(21)14-6-5-7-14/h10-14,16H,2-9H2,1H3,(H,19,21). The molecule has 1 N–H and O–H groups in total. The Kier molecular flexibility index (Phi) is 5.25. The molecule has 2 aliphatic carbocycles. The lowest BCUT2D eigenvalue weighted by Crippen LogP contribution is -2.38. The number of nitrogens with one attached hydrogen (secondary N) is 1. The first-order valence-electron chi connectivity index (χ1n) is 8.87. The molecule has 0 unspecified atom stereocenters. The van der Waals surface area contributed by atoms with Crippen molar-refractivity contribution in [3.63, 3.8) is 0 Å². The number of rotatable bonds is 5. The van der Waals surface area contributed by atoms with Crippen molar-refractivity contribution in [3.8, 4) is 0 Å². The highest BCUT2D eigenvalue weighted by Crippen LogP contribution is 2.29. The van der Waals surface area contributed by atoms with Gasteiger partial charge in [0.25, 0.3) is 0 Å². The van der Waals surface area contributed by atoms with Crippen LogP contribution in [0, 0.1) is 5.92 Å². The highest BCUT2D eigenvalue weighted by molar-refractivity contribution is 7.89. The molecule has 2 fully saturated rings. The average molecular weight is 350 g/mol. The number of benzene rings is 1. The van der Waals surface area contributed by atoms with E-state index in [1.54, 1.807) is 31.3 Å². The molecule has 0 aliphatic heterocycles. The number of hydrogen-bond acceptors (Lipinski definition) is 3. The molecule has 0 aromatic heterocycles. The lowest BCUT2D eigenvalue weighted by atomic mass is 9.85. The Morgan fingerprint density at radius 2 is 1.62 bits per heavy atom. The second kappa shape index (κ2) is 7.23. The van der Waals surface area contributed by atoms with Crippen LogP contribution in [-0.4, -0.2) is 31.7 Å². The zero-order chi connectivity index (χ0) is 17.2. The lowest BCUT2D eigenvalue weighted by molar-refractivity contribution is -0.122. The van der Waals surface area contributed by atoms with Crippen molar-refractivity contribution in [1.82, 2.24) is 4.31 Å². The summed E-state index contributed by atoms with van der Waals surface area (Å²) in [6.45, 7) is 0. The van der Waals surface area contributed by atoms with Crippen molar-refractivity contribution in [1.29, 1.82) is 0 Å². The van der Waals surface area contributed by atoms with Gasteiger partial charge in [0.05, 0.1) is 4.90 Å². The van der Waals surface area contributed by atoms with Gasteiger partial charge in [0.2, 0.25) is 15.9 Å². The van der Waals surface area contributed by atoms with Crippen LogP contribution in [-0.2, 0) is 14.8 Å². The van der Waals surface area contributed by atoms with Crippen LogP contribution in [0.5, 0.6) is 0 Å². The molecule has 0 atom stereocenters. The highest BCUT2D eigenvalue weighted by Gasteiger charge is 2.29. The first-order chi connectivity index (χ1) is 11.5. The average Bonchev–Trinajstić information content (AvgIpc) is 2.53. The first-order valence-corrected chi connectivity index (χ1v) is 10.3. The Bertz CT molecular complexity index is 675. The Labute approximate surface area is 144 Å². The summed E-state index contributed by atoms with van der Waals surface area (Å²) in [6.07, 6.45) is 8.27. The van der Waals surface area contributed by atoms with Gasteiger partial charge in [0.15, 0.2) is 0 Å². The number of sulfonamides is 1. The van der Waals surface area contributed by atoms with Crippen molar-refractivity contribution in [2.75, 3.05) is 12.4 Å². The van der Waals surface area contributed by atoms with Gasteiger partial charge in [0.1, 0.15) is 0 Å². The molecule has 24 heavy (non-hydrogen) atoms. The van der Waals surface area contributed by atoms with E-state index in [1.165, 1.54) is 10.7 Å². The van der Waals surface area contributed by atoms with Crippen LogP contribution in [0.3, 0.4) is 0 Å². The predicted octanol–water partition coefficient (Wildman–Crippen LogP) is 3.38. The molecule has 0 heterocycles. The molecule has 0 bridgehead atoms. The van der Waals surface area contributed by atoms with Gasteiger partial charge in [-0.25, -0.2) is 8.42 Å². The molecule has 132 valence electrons. The topological polar surface area (TPSA) is 66.5 Å². The predicted molar refractivity (Wildman–Crippen MR) is 94.2 cm³/mol. The lowest BCUT2D eigenvalue weighted by Gasteiger charge is -2.30. The number of nitrogens with zero attached hydrogens (tertiary/aromatic N) is 1. The summed E-state index contributed by atoms with van der Waals surface area (Å²) in [4.78, 5) is 12.2. The van der Waals surface area contributed by atoms with Gasteiger partial charge < -0.3 is 5.32 Å². The monoisotopic (exact) mass is 350 g/mol. The minimum Gasteiger partial charge on any atom is -0.326 e. The molecule has 3 rings (SSSR count). The van der Waals surface area contributed by atoms with E-state index in [9.17, 15) is 13.2 Å². The molecular weight excluding hydrogens is 324 g/mol. The van der Waals surface area contributed by atoms with Gasteiger partial charge in [-0.1, -0.05) is 25.7 Å². The van der Waals surface area contributed by atoms with Gasteiger partial charge in [-0.15, -0.1) is 0 Å². The quantitative estimate of drug-likeness (QED) is 0.885. The molecule has 1 amide bonds. The molecule has 1 aromatic carbocycles. The molecule has 1 aromatic rings. The number of carbonyl (C=O) groups excluding carboxylic acids is 1. The second-order valence-electron chi connectivity index (χ2n) is 6.95. The van der Waals surface area contributed by atoms with E-state index in [-0.39, 0.29) is 22.8 Å². The van der Waals surface area contributed by atoms with Crippen LogP contribution in [0.25, 0.3) is 0 Å². The van der Waals surface area contributed by atoms with Gasteiger partial charge in [-0.05, 0) is 49.9 Å². The minimum atomic E-state index is -3.47. The summed E-state index contributed by atoms with van der Waals surface area (Å²) in [6, 6.07) is 6.63. The molecule has 2 saturated carbocycles. The third-order valence-electron chi connectivity index (χ3n) is 5.36. The largest absolute Gasteiger partial charge is 0.326 e. The van der Waals surface area contributed by atoms with E-state index >= 15 is 0 Å². The Morgan fingerprint density at radius 3 is 2.17 bits per heavy atom. The van der Waals surface area contributed by atoms with E-state index in [4.69, 9.17) is 0 Å². The fraction of sp³-hybridized carbons (Fsp3) is 0.611. The summed E-state index contributed by atoms with van der Waals surface area (Å²) < 4.78 is 27.1. The Balaban J connectivity index is 1.68. The molecule has 2 aliphatic rings. The smallest absolute Gasteiger partial charge is 0.243 e.